The molecule has 0 aliphatic carbocycles. The highest BCUT2D eigenvalue weighted by atomic mass is 32.2. The summed E-state index contributed by atoms with van der Waals surface area (Å²) in [6.45, 7) is 2.62. The van der Waals surface area contributed by atoms with Crippen LogP contribution in [0, 0.1) is 18.3 Å². The third kappa shape index (κ3) is 3.85. The van der Waals surface area contributed by atoms with Gasteiger partial charge in [-0.25, -0.2) is 0 Å². The van der Waals surface area contributed by atoms with Gasteiger partial charge in [0.05, 0.1) is 30.0 Å². The first-order valence-electron chi connectivity index (χ1n) is 8.88. The fourth-order valence-electron chi connectivity index (χ4n) is 2.94. The maximum Gasteiger partial charge on any atom is 0.192 e. The lowest BCUT2D eigenvalue weighted by atomic mass is 10.2. The zero-order valence-corrected chi connectivity index (χ0v) is 16.2. The van der Waals surface area contributed by atoms with Crippen molar-refractivity contribution in [2.24, 2.45) is 0 Å². The Morgan fingerprint density at radius 2 is 1.79 bits per heavy atom. The molecule has 2 heterocycles. The van der Waals surface area contributed by atoms with Crippen molar-refractivity contribution in [2.45, 2.75) is 24.4 Å². The highest BCUT2D eigenvalue weighted by molar-refractivity contribution is 7.98. The maximum atomic E-state index is 8.94. The second-order valence-corrected chi connectivity index (χ2v) is 7.31. The predicted octanol–water partition coefficient (Wildman–Crippen LogP) is 5.06. The number of furan rings is 1. The topological polar surface area (TPSA) is 67.6 Å². The van der Waals surface area contributed by atoms with E-state index in [1.54, 1.807) is 18.0 Å². The van der Waals surface area contributed by atoms with Crippen LogP contribution in [0.5, 0.6) is 0 Å². The lowest BCUT2D eigenvalue weighted by molar-refractivity contribution is 0.534. The van der Waals surface area contributed by atoms with Gasteiger partial charge in [-0.2, -0.15) is 5.26 Å². The monoisotopic (exact) mass is 386 g/mol. The third-order valence-electron chi connectivity index (χ3n) is 4.45. The molecule has 0 fully saturated rings. The smallest absolute Gasteiger partial charge is 0.192 e. The van der Waals surface area contributed by atoms with Gasteiger partial charge in [-0.05, 0) is 36.2 Å². The highest BCUT2D eigenvalue weighted by Crippen LogP contribution is 2.29. The molecule has 4 rings (SSSR count). The molecule has 0 saturated heterocycles. The average molecular weight is 386 g/mol. The van der Waals surface area contributed by atoms with Crippen LogP contribution in [0.25, 0.3) is 11.4 Å². The number of thioether (sulfide) groups is 1. The number of aromatic nitrogens is 3. The minimum absolute atomic E-state index is 0.665. The number of nitriles is 1. The summed E-state index contributed by atoms with van der Waals surface area (Å²) in [4.78, 5) is 0. The molecule has 0 atom stereocenters. The first kappa shape index (κ1) is 18.1. The molecule has 28 heavy (non-hydrogen) atoms. The van der Waals surface area contributed by atoms with Crippen molar-refractivity contribution in [3.63, 3.8) is 0 Å². The molecule has 0 amide bonds. The summed E-state index contributed by atoms with van der Waals surface area (Å²) in [6, 6.07) is 22.0. The largest absolute Gasteiger partial charge is 0.469 e. The van der Waals surface area contributed by atoms with Gasteiger partial charge in [0, 0.05) is 5.75 Å². The molecule has 6 heteroatoms. The summed E-state index contributed by atoms with van der Waals surface area (Å²) in [5.41, 5.74) is 3.94. The van der Waals surface area contributed by atoms with E-state index in [4.69, 9.17) is 9.68 Å². The van der Waals surface area contributed by atoms with E-state index in [9.17, 15) is 0 Å². The highest BCUT2D eigenvalue weighted by Gasteiger charge is 2.18. The second-order valence-electron chi connectivity index (χ2n) is 6.37. The van der Waals surface area contributed by atoms with Crippen LogP contribution in [0.4, 0.5) is 0 Å². The Morgan fingerprint density at radius 3 is 2.46 bits per heavy atom. The lowest BCUT2D eigenvalue weighted by Gasteiger charge is -2.10. The molecular formula is C22H18N4OS. The maximum absolute atomic E-state index is 8.94. The molecule has 0 N–H and O–H groups in total. The minimum atomic E-state index is 0.665. The first-order chi connectivity index (χ1) is 13.7. The van der Waals surface area contributed by atoms with Crippen LogP contribution in [-0.4, -0.2) is 14.8 Å². The van der Waals surface area contributed by atoms with E-state index in [2.05, 4.69) is 33.0 Å². The summed E-state index contributed by atoms with van der Waals surface area (Å²) in [5, 5.41) is 18.7. The number of benzene rings is 2. The molecule has 0 aliphatic rings. The number of nitrogens with zero attached hydrogens (tertiary/aromatic N) is 4. The normalized spacial score (nSPS) is 10.7. The van der Waals surface area contributed by atoms with E-state index in [-0.39, 0.29) is 0 Å². The Kier molecular flexibility index (Phi) is 5.27. The zero-order chi connectivity index (χ0) is 19.3. The summed E-state index contributed by atoms with van der Waals surface area (Å²) < 4.78 is 7.60. The molecule has 0 aliphatic heterocycles. The summed E-state index contributed by atoms with van der Waals surface area (Å²) in [6.07, 6.45) is 1.68. The van der Waals surface area contributed by atoms with Crippen LogP contribution in [-0.2, 0) is 12.3 Å². The quantitative estimate of drug-likeness (QED) is 0.433. The van der Waals surface area contributed by atoms with Gasteiger partial charge in [-0.15, -0.1) is 10.2 Å². The number of hydrogen-bond donors (Lipinski definition) is 0. The Labute approximate surface area is 167 Å². The fraction of sp³-hybridized carbons (Fsp3) is 0.136. The molecule has 5 nitrogen and oxygen atoms in total. The van der Waals surface area contributed by atoms with E-state index in [0.717, 1.165) is 33.6 Å². The summed E-state index contributed by atoms with van der Waals surface area (Å²) in [7, 11) is 0. The van der Waals surface area contributed by atoms with Gasteiger partial charge < -0.3 is 4.42 Å². The molecule has 0 spiro atoms. The van der Waals surface area contributed by atoms with Crippen LogP contribution < -0.4 is 0 Å². The van der Waals surface area contributed by atoms with Gasteiger partial charge in [0.15, 0.2) is 11.0 Å². The van der Waals surface area contributed by atoms with Crippen LogP contribution in [0.1, 0.15) is 22.5 Å². The molecule has 138 valence electrons. The van der Waals surface area contributed by atoms with Crippen LogP contribution >= 0.6 is 11.8 Å². The summed E-state index contributed by atoms with van der Waals surface area (Å²) >= 11 is 1.63. The molecule has 0 radical (unpaired) electrons. The van der Waals surface area contributed by atoms with Gasteiger partial charge in [0.1, 0.15) is 5.76 Å². The first-order valence-corrected chi connectivity index (χ1v) is 9.86. The number of aryl methyl sites for hydroxylation is 1. The van der Waals surface area contributed by atoms with Crippen LogP contribution in [0.3, 0.4) is 0 Å². The molecule has 0 unspecified atom stereocenters. The molecule has 4 aromatic rings. The van der Waals surface area contributed by atoms with E-state index < -0.39 is 0 Å². The predicted molar refractivity (Wildman–Crippen MR) is 109 cm³/mol. The van der Waals surface area contributed by atoms with Gasteiger partial charge >= 0.3 is 0 Å². The summed E-state index contributed by atoms with van der Waals surface area (Å²) in [5.74, 6) is 2.38. The molecule has 0 bridgehead atoms. The minimum Gasteiger partial charge on any atom is -0.469 e. The lowest BCUT2D eigenvalue weighted by Crippen LogP contribution is -2.04. The standard InChI is InChI=1S/C22H18N4OS/c1-16-20(11-12-27-16)21-24-25-22(26(21)14-18-5-3-2-4-6-18)28-15-19-9-7-17(13-23)8-10-19/h2-12H,14-15H2,1H3. The number of hydrogen-bond acceptors (Lipinski definition) is 5. The van der Waals surface area contributed by atoms with Crippen molar-refractivity contribution in [2.75, 3.05) is 0 Å². The van der Waals surface area contributed by atoms with Crippen LogP contribution in [0.15, 0.2) is 76.5 Å². The van der Waals surface area contributed by atoms with Gasteiger partial charge in [-0.3, -0.25) is 4.57 Å². The number of rotatable bonds is 6. The Bertz CT molecular complexity index is 1110. The average Bonchev–Trinajstić information content (AvgIpc) is 3.33. The van der Waals surface area contributed by atoms with E-state index >= 15 is 0 Å². The SMILES string of the molecule is Cc1occc1-c1nnc(SCc2ccc(C#N)cc2)n1Cc1ccccc1. The fourth-order valence-corrected chi connectivity index (χ4v) is 3.84. The van der Waals surface area contributed by atoms with Gasteiger partial charge in [0.2, 0.25) is 0 Å². The molecular weight excluding hydrogens is 368 g/mol. The Balaban J connectivity index is 1.63. The Hall–Kier alpha value is -3.30. The molecule has 2 aromatic heterocycles. The zero-order valence-electron chi connectivity index (χ0n) is 15.4. The van der Waals surface area contributed by atoms with E-state index in [1.807, 2.05) is 55.5 Å². The van der Waals surface area contributed by atoms with Crippen LogP contribution in [0.2, 0.25) is 0 Å². The molecule has 0 saturated carbocycles. The van der Waals surface area contributed by atoms with Crippen molar-refractivity contribution in [3.8, 4) is 17.5 Å². The van der Waals surface area contributed by atoms with E-state index in [0.29, 0.717) is 12.1 Å². The van der Waals surface area contributed by atoms with Crippen molar-refractivity contribution in [1.82, 2.24) is 14.8 Å². The van der Waals surface area contributed by atoms with Crippen molar-refractivity contribution in [3.05, 3.63) is 89.4 Å². The Morgan fingerprint density at radius 1 is 1.00 bits per heavy atom. The van der Waals surface area contributed by atoms with E-state index in [1.165, 1.54) is 5.56 Å². The van der Waals surface area contributed by atoms with Gasteiger partial charge in [0.25, 0.3) is 0 Å². The second kappa shape index (κ2) is 8.15. The van der Waals surface area contributed by atoms with Crippen molar-refractivity contribution >= 4 is 11.8 Å². The third-order valence-corrected chi connectivity index (χ3v) is 5.49. The van der Waals surface area contributed by atoms with Crippen molar-refractivity contribution in [1.29, 1.82) is 5.26 Å². The van der Waals surface area contributed by atoms with Crippen molar-refractivity contribution < 1.29 is 4.42 Å². The van der Waals surface area contributed by atoms with Gasteiger partial charge in [-0.1, -0.05) is 54.2 Å². The molecule has 2 aromatic carbocycles.